The number of aromatic nitrogens is 2. The van der Waals surface area contributed by atoms with Gasteiger partial charge in [0.05, 0.1) is 11.7 Å². The number of fused-ring (bicyclic) bond motifs is 1. The molecule has 0 bridgehead atoms. The summed E-state index contributed by atoms with van der Waals surface area (Å²) >= 11 is 0. The summed E-state index contributed by atoms with van der Waals surface area (Å²) in [5.41, 5.74) is 2.63. The van der Waals surface area contributed by atoms with Gasteiger partial charge in [-0.25, -0.2) is 0 Å². The number of phenolic OH excluding ortho intramolecular Hbond substituents is 2. The summed E-state index contributed by atoms with van der Waals surface area (Å²) in [6.07, 6.45) is 5.09. The molecule has 1 unspecified atom stereocenters. The van der Waals surface area contributed by atoms with Crippen LogP contribution < -0.4 is 5.32 Å². The minimum atomic E-state index is -0.400. The lowest BCUT2D eigenvalue weighted by atomic mass is 9.97. The van der Waals surface area contributed by atoms with Crippen molar-refractivity contribution in [2.75, 3.05) is 5.32 Å². The molecule has 5 nitrogen and oxygen atoms in total. The first-order valence-corrected chi connectivity index (χ1v) is 8.25. The number of rotatable bonds is 4. The van der Waals surface area contributed by atoms with Gasteiger partial charge in [0.2, 0.25) is 0 Å². The Balaban J connectivity index is 1.86. The molecule has 2 aromatic carbocycles. The molecule has 4 rings (SSSR count). The second kappa shape index (κ2) is 6.72. The molecule has 3 N–H and O–H groups in total. The van der Waals surface area contributed by atoms with Gasteiger partial charge in [-0.3, -0.25) is 9.97 Å². The third-order valence-corrected chi connectivity index (χ3v) is 4.31. The molecular weight excluding hydrogens is 326 g/mol. The van der Waals surface area contributed by atoms with Crippen molar-refractivity contribution in [1.29, 1.82) is 0 Å². The third kappa shape index (κ3) is 2.91. The Kier molecular flexibility index (Phi) is 4.11. The van der Waals surface area contributed by atoms with Crippen molar-refractivity contribution >= 4 is 16.6 Å². The van der Waals surface area contributed by atoms with Crippen molar-refractivity contribution in [3.63, 3.8) is 0 Å². The van der Waals surface area contributed by atoms with Gasteiger partial charge in [0.15, 0.2) is 0 Å². The monoisotopic (exact) mass is 343 g/mol. The molecule has 0 radical (unpaired) electrons. The lowest BCUT2D eigenvalue weighted by molar-refractivity contribution is 0.469. The first-order chi connectivity index (χ1) is 12.7. The van der Waals surface area contributed by atoms with Crippen LogP contribution in [0.4, 0.5) is 5.69 Å². The molecule has 0 aliphatic carbocycles. The van der Waals surface area contributed by atoms with Gasteiger partial charge >= 0.3 is 0 Å². The molecule has 0 saturated carbocycles. The van der Waals surface area contributed by atoms with E-state index in [4.69, 9.17) is 0 Å². The zero-order valence-electron chi connectivity index (χ0n) is 13.9. The summed E-state index contributed by atoms with van der Waals surface area (Å²) in [5, 5.41) is 25.2. The van der Waals surface area contributed by atoms with Crippen molar-refractivity contribution in [1.82, 2.24) is 9.97 Å². The van der Waals surface area contributed by atoms with E-state index in [9.17, 15) is 10.2 Å². The molecule has 5 heteroatoms. The number of pyridine rings is 2. The predicted octanol–water partition coefficient (Wildman–Crippen LogP) is 4.24. The van der Waals surface area contributed by atoms with Crippen LogP contribution in [0, 0.1) is 0 Å². The van der Waals surface area contributed by atoms with Gasteiger partial charge in [-0.05, 0) is 29.8 Å². The van der Waals surface area contributed by atoms with Gasteiger partial charge in [0.25, 0.3) is 0 Å². The quantitative estimate of drug-likeness (QED) is 0.483. The lowest BCUT2D eigenvalue weighted by Crippen LogP contribution is -2.13. The van der Waals surface area contributed by atoms with E-state index in [0.29, 0.717) is 16.8 Å². The van der Waals surface area contributed by atoms with Crippen molar-refractivity contribution in [3.05, 3.63) is 90.4 Å². The first-order valence-electron chi connectivity index (χ1n) is 8.25. The van der Waals surface area contributed by atoms with Crippen LogP contribution >= 0.6 is 0 Å². The Morgan fingerprint density at radius 3 is 2.50 bits per heavy atom. The van der Waals surface area contributed by atoms with E-state index in [2.05, 4.69) is 15.3 Å². The fourth-order valence-corrected chi connectivity index (χ4v) is 3.02. The van der Waals surface area contributed by atoms with Gasteiger partial charge in [-0.1, -0.05) is 36.4 Å². The van der Waals surface area contributed by atoms with Crippen molar-refractivity contribution in [3.8, 4) is 11.5 Å². The number of nitrogens with one attached hydrogen (secondary N) is 1. The topological polar surface area (TPSA) is 78.3 Å². The Hall–Kier alpha value is -3.60. The molecule has 0 spiro atoms. The summed E-state index contributed by atoms with van der Waals surface area (Å²) in [4.78, 5) is 8.49. The van der Waals surface area contributed by atoms with E-state index in [1.165, 1.54) is 0 Å². The second-order valence-electron chi connectivity index (χ2n) is 5.96. The molecule has 26 heavy (non-hydrogen) atoms. The SMILES string of the molecule is Oc1ccccc1NC(c1cccnc1)c1ccc2cccnc2c1O. The largest absolute Gasteiger partial charge is 0.506 e. The molecule has 128 valence electrons. The number of hydrogen-bond acceptors (Lipinski definition) is 5. The molecular formula is C21H17N3O2. The molecule has 0 saturated heterocycles. The van der Waals surface area contributed by atoms with E-state index >= 15 is 0 Å². The average Bonchev–Trinajstić information content (AvgIpc) is 2.69. The zero-order valence-corrected chi connectivity index (χ0v) is 13.9. The van der Waals surface area contributed by atoms with E-state index in [1.807, 2.05) is 42.5 Å². The van der Waals surface area contributed by atoms with E-state index in [1.54, 1.807) is 36.8 Å². The number of anilines is 1. The van der Waals surface area contributed by atoms with Crippen molar-refractivity contribution < 1.29 is 10.2 Å². The van der Waals surface area contributed by atoms with Gasteiger partial charge < -0.3 is 15.5 Å². The highest BCUT2D eigenvalue weighted by Crippen LogP contribution is 2.37. The van der Waals surface area contributed by atoms with Gasteiger partial charge in [0, 0.05) is 29.5 Å². The van der Waals surface area contributed by atoms with Gasteiger partial charge in [-0.15, -0.1) is 0 Å². The van der Waals surface area contributed by atoms with Crippen molar-refractivity contribution in [2.45, 2.75) is 6.04 Å². The number of aromatic hydroxyl groups is 2. The molecule has 2 aromatic heterocycles. The molecule has 1 atom stereocenters. The standard InChI is InChI=1S/C21H17N3O2/c25-18-8-2-1-7-17(18)24-19(15-6-3-11-22-13-15)16-10-9-14-5-4-12-23-20(14)21(16)26/h1-13,19,24-26H. The number of hydrogen-bond donors (Lipinski definition) is 3. The fraction of sp³-hybridized carbons (Fsp3) is 0.0476. The second-order valence-corrected chi connectivity index (χ2v) is 5.96. The molecule has 0 amide bonds. The minimum absolute atomic E-state index is 0.111. The number of nitrogens with zero attached hydrogens (tertiary/aromatic N) is 2. The van der Waals surface area contributed by atoms with E-state index in [0.717, 1.165) is 10.9 Å². The maximum atomic E-state index is 10.8. The highest BCUT2D eigenvalue weighted by atomic mass is 16.3. The summed E-state index contributed by atoms with van der Waals surface area (Å²) in [6.45, 7) is 0. The van der Waals surface area contributed by atoms with Crippen LogP contribution in [0.1, 0.15) is 17.2 Å². The van der Waals surface area contributed by atoms with E-state index < -0.39 is 6.04 Å². The Morgan fingerprint density at radius 1 is 0.846 bits per heavy atom. The first kappa shape index (κ1) is 15.9. The maximum absolute atomic E-state index is 10.8. The lowest BCUT2D eigenvalue weighted by Gasteiger charge is -2.22. The summed E-state index contributed by atoms with van der Waals surface area (Å²) in [6, 6.07) is 17.9. The van der Waals surface area contributed by atoms with Crippen LogP contribution in [-0.4, -0.2) is 20.2 Å². The van der Waals surface area contributed by atoms with Crippen LogP contribution in [0.2, 0.25) is 0 Å². The van der Waals surface area contributed by atoms with Gasteiger partial charge in [-0.2, -0.15) is 0 Å². The smallest absolute Gasteiger partial charge is 0.147 e. The zero-order chi connectivity index (χ0) is 17.9. The highest BCUT2D eigenvalue weighted by Gasteiger charge is 2.21. The van der Waals surface area contributed by atoms with Crippen molar-refractivity contribution in [2.24, 2.45) is 0 Å². The normalized spacial score (nSPS) is 12.0. The fourth-order valence-electron chi connectivity index (χ4n) is 3.02. The molecule has 4 aromatic rings. The summed E-state index contributed by atoms with van der Waals surface area (Å²) in [7, 11) is 0. The number of para-hydroxylation sites is 2. The molecule has 2 heterocycles. The van der Waals surface area contributed by atoms with E-state index in [-0.39, 0.29) is 11.5 Å². The van der Waals surface area contributed by atoms with Crippen LogP contribution in [0.5, 0.6) is 11.5 Å². The molecule has 0 aliphatic heterocycles. The Morgan fingerprint density at radius 2 is 1.69 bits per heavy atom. The molecule has 0 aliphatic rings. The van der Waals surface area contributed by atoms with Crippen LogP contribution in [0.3, 0.4) is 0 Å². The highest BCUT2D eigenvalue weighted by molar-refractivity contribution is 5.86. The van der Waals surface area contributed by atoms with Gasteiger partial charge in [0.1, 0.15) is 17.0 Å². The summed E-state index contributed by atoms with van der Waals surface area (Å²) in [5.74, 6) is 0.250. The third-order valence-electron chi connectivity index (χ3n) is 4.31. The van der Waals surface area contributed by atoms with Crippen LogP contribution in [0.25, 0.3) is 10.9 Å². The van der Waals surface area contributed by atoms with Crippen LogP contribution in [0.15, 0.2) is 79.3 Å². The number of benzene rings is 2. The predicted molar refractivity (Wildman–Crippen MR) is 101 cm³/mol. The average molecular weight is 343 g/mol. The Bertz CT molecular complexity index is 1050. The molecule has 0 fully saturated rings. The number of phenols is 2. The minimum Gasteiger partial charge on any atom is -0.506 e. The Labute approximate surface area is 150 Å². The summed E-state index contributed by atoms with van der Waals surface area (Å²) < 4.78 is 0. The maximum Gasteiger partial charge on any atom is 0.147 e. The van der Waals surface area contributed by atoms with Crippen LogP contribution in [-0.2, 0) is 0 Å².